The Balaban J connectivity index is 1.68. The van der Waals surface area contributed by atoms with Gasteiger partial charge in [-0.25, -0.2) is 0 Å². The third-order valence-electron chi connectivity index (χ3n) is 3.21. The van der Waals surface area contributed by atoms with Gasteiger partial charge in [0.2, 0.25) is 0 Å². The minimum atomic E-state index is 0.633. The Kier molecular flexibility index (Phi) is 5.81. The van der Waals surface area contributed by atoms with Crippen LogP contribution in [0.2, 0.25) is 0 Å². The van der Waals surface area contributed by atoms with Crippen LogP contribution >= 0.6 is 0 Å². The molecule has 0 radical (unpaired) electrons. The van der Waals surface area contributed by atoms with Crippen molar-refractivity contribution < 1.29 is 4.74 Å². The van der Waals surface area contributed by atoms with Crippen LogP contribution in [0.25, 0.3) is 0 Å². The fourth-order valence-corrected chi connectivity index (χ4v) is 2.15. The predicted octanol–water partition coefficient (Wildman–Crippen LogP) is 3.46. The third-order valence-corrected chi connectivity index (χ3v) is 3.21. The quantitative estimate of drug-likeness (QED) is 0.729. The van der Waals surface area contributed by atoms with Gasteiger partial charge >= 0.3 is 0 Å². The molecule has 0 aliphatic heterocycles. The molecular weight excluding hydrogens is 260 g/mol. The number of rotatable bonds is 7. The third kappa shape index (κ3) is 5.29. The molecule has 0 unspecified atom stereocenters. The van der Waals surface area contributed by atoms with Crippen LogP contribution in [0.5, 0.6) is 5.75 Å². The highest BCUT2D eigenvalue weighted by Gasteiger charge is 2.01. The lowest BCUT2D eigenvalue weighted by atomic mass is 10.2. The Morgan fingerprint density at radius 1 is 1.10 bits per heavy atom. The van der Waals surface area contributed by atoms with Gasteiger partial charge in [0.05, 0.1) is 18.2 Å². The van der Waals surface area contributed by atoms with Crippen LogP contribution in [-0.4, -0.2) is 25.1 Å². The average Bonchev–Trinajstić information content (AvgIpc) is 2.53. The lowest BCUT2D eigenvalue weighted by molar-refractivity contribution is 0.259. The molecule has 0 atom stereocenters. The van der Waals surface area contributed by atoms with Crippen LogP contribution in [0.15, 0.2) is 54.6 Å². The summed E-state index contributed by atoms with van der Waals surface area (Å²) in [6, 6.07) is 19.8. The van der Waals surface area contributed by atoms with Gasteiger partial charge in [0.25, 0.3) is 0 Å². The maximum Gasteiger partial charge on any atom is 0.120 e. The van der Waals surface area contributed by atoms with Crippen molar-refractivity contribution in [2.24, 2.45) is 0 Å². The molecule has 0 aliphatic carbocycles. The molecule has 0 fully saturated rings. The van der Waals surface area contributed by atoms with Gasteiger partial charge < -0.3 is 9.64 Å². The second kappa shape index (κ2) is 8.08. The van der Waals surface area contributed by atoms with Gasteiger partial charge in [0.15, 0.2) is 0 Å². The number of hydrogen-bond acceptors (Lipinski definition) is 3. The van der Waals surface area contributed by atoms with Crippen molar-refractivity contribution in [2.75, 3.05) is 20.2 Å². The average molecular weight is 280 g/mol. The van der Waals surface area contributed by atoms with E-state index in [4.69, 9.17) is 10.00 Å². The maximum atomic E-state index is 8.83. The van der Waals surface area contributed by atoms with Gasteiger partial charge in [-0.1, -0.05) is 36.4 Å². The van der Waals surface area contributed by atoms with E-state index in [2.05, 4.69) is 42.3 Å². The van der Waals surface area contributed by atoms with Crippen LogP contribution in [0.1, 0.15) is 17.5 Å². The summed E-state index contributed by atoms with van der Waals surface area (Å²) < 4.78 is 5.67. The molecule has 3 nitrogen and oxygen atoms in total. The molecule has 2 aromatic rings. The summed E-state index contributed by atoms with van der Waals surface area (Å²) in [6.45, 7) is 2.59. The van der Waals surface area contributed by atoms with Crippen molar-refractivity contribution in [1.29, 1.82) is 5.26 Å². The summed E-state index contributed by atoms with van der Waals surface area (Å²) in [4.78, 5) is 2.28. The van der Waals surface area contributed by atoms with Crippen LogP contribution < -0.4 is 4.74 Å². The van der Waals surface area contributed by atoms with Crippen LogP contribution in [0.3, 0.4) is 0 Å². The summed E-state index contributed by atoms with van der Waals surface area (Å²) in [6.07, 6.45) is 0.958. The smallest absolute Gasteiger partial charge is 0.120 e. The molecule has 0 saturated heterocycles. The first-order valence-electron chi connectivity index (χ1n) is 7.13. The molecule has 0 heterocycles. The summed E-state index contributed by atoms with van der Waals surface area (Å²) >= 11 is 0. The largest absolute Gasteiger partial charge is 0.494 e. The van der Waals surface area contributed by atoms with Crippen molar-refractivity contribution in [3.8, 4) is 11.8 Å². The molecule has 0 amide bonds. The highest BCUT2D eigenvalue weighted by Crippen LogP contribution is 2.12. The van der Waals surface area contributed by atoms with E-state index >= 15 is 0 Å². The van der Waals surface area contributed by atoms with Crippen molar-refractivity contribution in [3.63, 3.8) is 0 Å². The van der Waals surface area contributed by atoms with E-state index in [1.165, 1.54) is 5.56 Å². The minimum absolute atomic E-state index is 0.633. The topological polar surface area (TPSA) is 36.3 Å². The molecule has 0 bridgehead atoms. The Hall–Kier alpha value is -2.31. The fraction of sp³-hybridized carbons (Fsp3) is 0.278. The molecule has 2 rings (SSSR count). The number of hydrogen-bond donors (Lipinski definition) is 0. The Morgan fingerprint density at radius 2 is 1.90 bits per heavy atom. The SMILES string of the molecule is CN(CCCOc1cccc(C#N)c1)Cc1ccccc1. The monoisotopic (exact) mass is 280 g/mol. The highest BCUT2D eigenvalue weighted by atomic mass is 16.5. The zero-order valence-corrected chi connectivity index (χ0v) is 12.3. The van der Waals surface area contributed by atoms with E-state index in [9.17, 15) is 0 Å². The second-order valence-corrected chi connectivity index (χ2v) is 5.07. The molecule has 0 aromatic heterocycles. The highest BCUT2D eigenvalue weighted by molar-refractivity contribution is 5.36. The van der Waals surface area contributed by atoms with Crippen molar-refractivity contribution >= 4 is 0 Å². The molecule has 3 heteroatoms. The van der Waals surface area contributed by atoms with E-state index in [0.717, 1.165) is 25.3 Å². The van der Waals surface area contributed by atoms with Gasteiger partial charge in [-0.2, -0.15) is 5.26 Å². The summed E-state index contributed by atoms with van der Waals surface area (Å²) in [7, 11) is 2.11. The molecule has 0 saturated carbocycles. The van der Waals surface area contributed by atoms with Gasteiger partial charge in [-0.3, -0.25) is 0 Å². The molecular formula is C18H20N2O. The van der Waals surface area contributed by atoms with Gasteiger partial charge in [0.1, 0.15) is 5.75 Å². The number of nitriles is 1. The molecule has 0 spiro atoms. The first-order chi connectivity index (χ1) is 10.3. The van der Waals surface area contributed by atoms with Crippen LogP contribution in [0, 0.1) is 11.3 Å². The van der Waals surface area contributed by atoms with E-state index in [1.54, 1.807) is 12.1 Å². The molecule has 21 heavy (non-hydrogen) atoms. The zero-order chi connectivity index (χ0) is 14.9. The Labute approximate surface area is 126 Å². The van der Waals surface area contributed by atoms with E-state index < -0.39 is 0 Å². The predicted molar refractivity (Wildman–Crippen MR) is 84.0 cm³/mol. The fourth-order valence-electron chi connectivity index (χ4n) is 2.15. The summed E-state index contributed by atoms with van der Waals surface area (Å²) in [5.74, 6) is 0.764. The van der Waals surface area contributed by atoms with Crippen molar-refractivity contribution in [3.05, 3.63) is 65.7 Å². The lowest BCUT2D eigenvalue weighted by Gasteiger charge is -2.16. The van der Waals surface area contributed by atoms with Crippen molar-refractivity contribution in [1.82, 2.24) is 4.90 Å². The van der Waals surface area contributed by atoms with Gasteiger partial charge in [-0.15, -0.1) is 0 Å². The Morgan fingerprint density at radius 3 is 2.67 bits per heavy atom. The number of ether oxygens (including phenoxy) is 1. The van der Waals surface area contributed by atoms with Crippen LogP contribution in [0.4, 0.5) is 0 Å². The normalized spacial score (nSPS) is 10.3. The number of nitrogens with zero attached hydrogens (tertiary/aromatic N) is 2. The molecule has 2 aromatic carbocycles. The lowest BCUT2D eigenvalue weighted by Crippen LogP contribution is -2.20. The Bertz CT molecular complexity index is 590. The van der Waals surface area contributed by atoms with E-state index in [1.807, 2.05) is 18.2 Å². The maximum absolute atomic E-state index is 8.83. The van der Waals surface area contributed by atoms with Crippen molar-refractivity contribution in [2.45, 2.75) is 13.0 Å². The van der Waals surface area contributed by atoms with E-state index in [-0.39, 0.29) is 0 Å². The first-order valence-corrected chi connectivity index (χ1v) is 7.13. The minimum Gasteiger partial charge on any atom is -0.494 e. The summed E-state index contributed by atoms with van der Waals surface area (Å²) in [5.41, 5.74) is 1.95. The zero-order valence-electron chi connectivity index (χ0n) is 12.3. The summed E-state index contributed by atoms with van der Waals surface area (Å²) in [5, 5.41) is 8.83. The molecule has 108 valence electrons. The van der Waals surface area contributed by atoms with E-state index in [0.29, 0.717) is 12.2 Å². The second-order valence-electron chi connectivity index (χ2n) is 5.07. The molecule has 0 N–H and O–H groups in total. The van der Waals surface area contributed by atoms with Crippen LogP contribution in [-0.2, 0) is 6.54 Å². The van der Waals surface area contributed by atoms with Gasteiger partial charge in [0, 0.05) is 13.1 Å². The molecule has 0 aliphatic rings. The first kappa shape index (κ1) is 15.1. The standard InChI is InChI=1S/C18H20N2O/c1-20(15-16-7-3-2-4-8-16)11-6-12-21-18-10-5-9-17(13-18)14-19/h2-5,7-10,13H,6,11-12,15H2,1H3. The van der Waals surface area contributed by atoms with Gasteiger partial charge in [-0.05, 0) is 37.2 Å². The number of benzene rings is 2.